The lowest BCUT2D eigenvalue weighted by Crippen LogP contribution is -1.94. The van der Waals surface area contributed by atoms with Crippen LogP contribution in [0.3, 0.4) is 0 Å². The number of thiophene rings is 1. The van der Waals surface area contributed by atoms with E-state index in [2.05, 4.69) is 0 Å². The van der Waals surface area contributed by atoms with Gasteiger partial charge in [-0.1, -0.05) is 29.3 Å². The standard InChI is InChI=1S/C12H8Cl3FS/c1-6-2-7(4-8(16)3-6)11(14)9-5-10(13)17-12(9)15/h2-5,11H,1H3. The first-order chi connectivity index (χ1) is 7.97. The van der Waals surface area contributed by atoms with Crippen molar-refractivity contribution in [2.24, 2.45) is 0 Å². The molecule has 0 saturated carbocycles. The minimum Gasteiger partial charge on any atom is -0.207 e. The summed E-state index contributed by atoms with van der Waals surface area (Å²) in [4.78, 5) is 0. The van der Waals surface area contributed by atoms with E-state index in [0.29, 0.717) is 19.8 Å². The molecule has 0 aliphatic rings. The molecule has 0 amide bonds. The number of hydrogen-bond donors (Lipinski definition) is 0. The summed E-state index contributed by atoms with van der Waals surface area (Å²) in [6.07, 6.45) is 0. The summed E-state index contributed by atoms with van der Waals surface area (Å²) in [5.74, 6) is -0.303. The van der Waals surface area contributed by atoms with E-state index in [1.807, 2.05) is 13.0 Å². The number of aryl methyl sites for hydroxylation is 1. The smallest absolute Gasteiger partial charge is 0.123 e. The van der Waals surface area contributed by atoms with E-state index in [1.165, 1.54) is 23.5 Å². The molecule has 0 fully saturated rings. The third kappa shape index (κ3) is 2.94. The molecule has 90 valence electrons. The lowest BCUT2D eigenvalue weighted by molar-refractivity contribution is 0.624. The van der Waals surface area contributed by atoms with Gasteiger partial charge in [0, 0.05) is 5.56 Å². The van der Waals surface area contributed by atoms with Crippen LogP contribution in [0.4, 0.5) is 4.39 Å². The van der Waals surface area contributed by atoms with Gasteiger partial charge in [0.2, 0.25) is 0 Å². The van der Waals surface area contributed by atoms with Crippen LogP contribution in [0, 0.1) is 12.7 Å². The van der Waals surface area contributed by atoms with Crippen LogP contribution in [-0.4, -0.2) is 0 Å². The Hall–Kier alpha value is -0.280. The largest absolute Gasteiger partial charge is 0.207 e. The molecule has 0 nitrogen and oxygen atoms in total. The van der Waals surface area contributed by atoms with Gasteiger partial charge in [-0.3, -0.25) is 0 Å². The third-order valence-electron chi connectivity index (χ3n) is 2.31. The Morgan fingerprint density at radius 2 is 1.88 bits per heavy atom. The Bertz CT molecular complexity index is 530. The van der Waals surface area contributed by atoms with E-state index >= 15 is 0 Å². The van der Waals surface area contributed by atoms with Crippen LogP contribution in [0.15, 0.2) is 24.3 Å². The van der Waals surface area contributed by atoms with Crippen LogP contribution in [0.2, 0.25) is 8.67 Å². The molecule has 0 radical (unpaired) electrons. The fraction of sp³-hybridized carbons (Fsp3) is 0.167. The molecule has 2 aromatic rings. The van der Waals surface area contributed by atoms with Crippen molar-refractivity contribution in [3.63, 3.8) is 0 Å². The fourth-order valence-electron chi connectivity index (χ4n) is 1.62. The lowest BCUT2D eigenvalue weighted by Gasteiger charge is -2.10. The molecule has 0 N–H and O–H groups in total. The van der Waals surface area contributed by atoms with Gasteiger partial charge in [-0.25, -0.2) is 4.39 Å². The average Bonchev–Trinajstić information content (AvgIpc) is 2.55. The second-order valence-electron chi connectivity index (χ2n) is 3.70. The van der Waals surface area contributed by atoms with Gasteiger partial charge in [-0.05, 0) is 36.2 Å². The lowest BCUT2D eigenvalue weighted by atomic mass is 10.0. The van der Waals surface area contributed by atoms with E-state index < -0.39 is 5.38 Å². The highest BCUT2D eigenvalue weighted by Gasteiger charge is 2.18. The van der Waals surface area contributed by atoms with Crippen LogP contribution >= 0.6 is 46.1 Å². The molecule has 0 aliphatic carbocycles. The van der Waals surface area contributed by atoms with Crippen LogP contribution in [0.1, 0.15) is 22.1 Å². The third-order valence-corrected chi connectivity index (χ3v) is 4.32. The molecular weight excluding hydrogens is 302 g/mol. The molecule has 17 heavy (non-hydrogen) atoms. The second kappa shape index (κ2) is 5.15. The Morgan fingerprint density at radius 1 is 1.18 bits per heavy atom. The van der Waals surface area contributed by atoms with Gasteiger partial charge in [0.05, 0.1) is 14.0 Å². The zero-order valence-corrected chi connectivity index (χ0v) is 11.9. The molecule has 1 aromatic carbocycles. The number of rotatable bonds is 2. The van der Waals surface area contributed by atoms with E-state index in [4.69, 9.17) is 34.8 Å². The van der Waals surface area contributed by atoms with E-state index in [1.54, 1.807) is 6.07 Å². The van der Waals surface area contributed by atoms with Crippen molar-refractivity contribution >= 4 is 46.1 Å². The second-order valence-corrected chi connectivity index (χ2v) is 6.43. The zero-order chi connectivity index (χ0) is 12.6. The summed E-state index contributed by atoms with van der Waals surface area (Å²) >= 11 is 19.4. The summed E-state index contributed by atoms with van der Waals surface area (Å²) < 4.78 is 14.4. The Labute approximate surface area is 118 Å². The minimum atomic E-state index is -0.486. The molecule has 1 heterocycles. The SMILES string of the molecule is Cc1cc(F)cc(C(Cl)c2cc(Cl)sc2Cl)c1. The highest BCUT2D eigenvalue weighted by Crippen LogP contribution is 2.40. The maximum absolute atomic E-state index is 13.3. The normalized spacial score (nSPS) is 12.8. The molecule has 5 heteroatoms. The predicted molar refractivity (Wildman–Crippen MR) is 73.2 cm³/mol. The highest BCUT2D eigenvalue weighted by molar-refractivity contribution is 7.20. The molecule has 0 bridgehead atoms. The minimum absolute atomic E-state index is 0.303. The van der Waals surface area contributed by atoms with Gasteiger partial charge in [0.15, 0.2) is 0 Å². The van der Waals surface area contributed by atoms with Crippen molar-refractivity contribution in [3.05, 3.63) is 55.4 Å². The summed E-state index contributed by atoms with van der Waals surface area (Å²) in [5.41, 5.74) is 2.22. The van der Waals surface area contributed by atoms with Crippen molar-refractivity contribution in [2.45, 2.75) is 12.3 Å². The summed E-state index contributed by atoms with van der Waals surface area (Å²) in [5, 5.41) is -0.486. The number of hydrogen-bond acceptors (Lipinski definition) is 1. The average molecular weight is 310 g/mol. The van der Waals surface area contributed by atoms with Crippen molar-refractivity contribution in [2.75, 3.05) is 0 Å². The Kier molecular flexibility index (Phi) is 3.99. The van der Waals surface area contributed by atoms with Crippen molar-refractivity contribution in [1.82, 2.24) is 0 Å². The molecule has 1 atom stereocenters. The Morgan fingerprint density at radius 3 is 2.41 bits per heavy atom. The maximum Gasteiger partial charge on any atom is 0.123 e. The van der Waals surface area contributed by atoms with Crippen molar-refractivity contribution in [1.29, 1.82) is 0 Å². The first-order valence-corrected chi connectivity index (χ1v) is 6.84. The molecule has 2 rings (SSSR count). The molecular formula is C12H8Cl3FS. The maximum atomic E-state index is 13.3. The number of alkyl halides is 1. The van der Waals surface area contributed by atoms with Gasteiger partial charge in [-0.2, -0.15) is 0 Å². The monoisotopic (exact) mass is 308 g/mol. The summed E-state index contributed by atoms with van der Waals surface area (Å²) in [7, 11) is 0. The predicted octanol–water partition coefficient (Wildman–Crippen LogP) is 5.83. The van der Waals surface area contributed by atoms with Crippen molar-refractivity contribution in [3.8, 4) is 0 Å². The Balaban J connectivity index is 2.43. The van der Waals surface area contributed by atoms with E-state index in [-0.39, 0.29) is 5.82 Å². The topological polar surface area (TPSA) is 0 Å². The summed E-state index contributed by atoms with van der Waals surface area (Å²) in [6, 6.07) is 6.41. The first-order valence-electron chi connectivity index (χ1n) is 4.83. The molecule has 1 unspecified atom stereocenters. The van der Waals surface area contributed by atoms with Crippen LogP contribution < -0.4 is 0 Å². The van der Waals surface area contributed by atoms with E-state index in [9.17, 15) is 4.39 Å². The highest BCUT2D eigenvalue weighted by atomic mass is 35.5. The van der Waals surface area contributed by atoms with Crippen LogP contribution in [0.5, 0.6) is 0 Å². The van der Waals surface area contributed by atoms with Crippen LogP contribution in [0.25, 0.3) is 0 Å². The van der Waals surface area contributed by atoms with Crippen molar-refractivity contribution < 1.29 is 4.39 Å². The van der Waals surface area contributed by atoms with E-state index in [0.717, 1.165) is 5.56 Å². The molecule has 0 saturated heterocycles. The van der Waals surface area contributed by atoms with Gasteiger partial charge >= 0.3 is 0 Å². The van der Waals surface area contributed by atoms with Gasteiger partial charge in [-0.15, -0.1) is 22.9 Å². The zero-order valence-electron chi connectivity index (χ0n) is 8.81. The van der Waals surface area contributed by atoms with Gasteiger partial charge in [0.1, 0.15) is 5.82 Å². The molecule has 0 aliphatic heterocycles. The van der Waals surface area contributed by atoms with Crippen LogP contribution in [-0.2, 0) is 0 Å². The number of halogens is 4. The quantitative estimate of drug-likeness (QED) is 0.612. The van der Waals surface area contributed by atoms with Gasteiger partial charge in [0.25, 0.3) is 0 Å². The number of benzene rings is 1. The molecule has 1 aromatic heterocycles. The molecule has 0 spiro atoms. The van der Waals surface area contributed by atoms with Gasteiger partial charge < -0.3 is 0 Å². The summed E-state index contributed by atoms with van der Waals surface area (Å²) in [6.45, 7) is 1.82. The first kappa shape index (κ1) is 13.2. The fourth-order valence-corrected chi connectivity index (χ4v) is 3.57.